The van der Waals surface area contributed by atoms with Gasteiger partial charge in [0.15, 0.2) is 0 Å². The molecule has 3 N–H and O–H groups in total. The molecule has 0 aliphatic carbocycles. The van der Waals surface area contributed by atoms with E-state index in [0.29, 0.717) is 5.89 Å². The number of oxazole rings is 1. The highest BCUT2D eigenvalue weighted by Crippen LogP contribution is 2.03. The number of hydrogen-bond acceptors (Lipinski definition) is 4. The van der Waals surface area contributed by atoms with Gasteiger partial charge in [0.2, 0.25) is 5.89 Å². The third-order valence-electron chi connectivity index (χ3n) is 1.75. The summed E-state index contributed by atoms with van der Waals surface area (Å²) >= 11 is 0. The molecule has 16 heavy (non-hydrogen) atoms. The molecule has 0 atom stereocenters. The van der Waals surface area contributed by atoms with E-state index in [1.807, 2.05) is 6.92 Å². The minimum atomic E-state index is -1.10. The molecule has 0 aliphatic heterocycles. The molecule has 0 aliphatic rings. The predicted molar refractivity (Wildman–Crippen MR) is 53.8 cm³/mol. The molecule has 0 spiro atoms. The lowest BCUT2D eigenvalue weighted by atomic mass is 10.4. The number of nitrogens with one attached hydrogen (secondary N) is 2. The molecule has 2 amide bonds. The minimum absolute atomic E-state index is 0.130. The summed E-state index contributed by atoms with van der Waals surface area (Å²) in [5.74, 6) is 0.0320. The third kappa shape index (κ3) is 3.99. The number of amides is 2. The first-order valence-electron chi connectivity index (χ1n) is 4.79. The van der Waals surface area contributed by atoms with E-state index in [0.717, 1.165) is 12.2 Å². The smallest absolute Gasteiger partial charge is 0.323 e. The van der Waals surface area contributed by atoms with Crippen LogP contribution in [0, 0.1) is 0 Å². The van der Waals surface area contributed by atoms with E-state index in [1.165, 1.54) is 0 Å². The number of carbonyl (C=O) groups is 2. The van der Waals surface area contributed by atoms with Crippen LogP contribution >= 0.6 is 0 Å². The molecule has 1 aromatic heterocycles. The van der Waals surface area contributed by atoms with E-state index >= 15 is 0 Å². The lowest BCUT2D eigenvalue weighted by molar-refractivity contribution is -0.135. The van der Waals surface area contributed by atoms with Crippen molar-refractivity contribution in [2.24, 2.45) is 0 Å². The van der Waals surface area contributed by atoms with Crippen molar-refractivity contribution < 1.29 is 19.1 Å². The number of carboxylic acid groups (broad SMARTS) is 1. The van der Waals surface area contributed by atoms with Crippen molar-refractivity contribution in [3.05, 3.63) is 17.8 Å². The van der Waals surface area contributed by atoms with Gasteiger partial charge in [0.25, 0.3) is 0 Å². The fourth-order valence-electron chi connectivity index (χ4n) is 0.967. The van der Waals surface area contributed by atoms with Crippen LogP contribution in [0.3, 0.4) is 0 Å². The molecular formula is C9H13N3O4. The summed E-state index contributed by atoms with van der Waals surface area (Å²) in [5, 5.41) is 12.9. The average Bonchev–Trinajstić information content (AvgIpc) is 2.71. The zero-order valence-electron chi connectivity index (χ0n) is 8.82. The first kappa shape index (κ1) is 12.0. The van der Waals surface area contributed by atoms with Crippen molar-refractivity contribution in [3.63, 3.8) is 0 Å². The minimum Gasteiger partial charge on any atom is -0.480 e. The van der Waals surface area contributed by atoms with Crippen molar-refractivity contribution in [1.29, 1.82) is 0 Å². The van der Waals surface area contributed by atoms with Crippen LogP contribution in [0.25, 0.3) is 0 Å². The van der Waals surface area contributed by atoms with Gasteiger partial charge in [-0.1, -0.05) is 6.92 Å². The molecule has 0 aromatic carbocycles. The van der Waals surface area contributed by atoms with Crippen LogP contribution in [0.15, 0.2) is 10.6 Å². The number of nitrogens with zero attached hydrogens (tertiary/aromatic N) is 1. The van der Waals surface area contributed by atoms with Gasteiger partial charge >= 0.3 is 12.0 Å². The highest BCUT2D eigenvalue weighted by atomic mass is 16.4. The molecule has 1 heterocycles. The molecule has 0 radical (unpaired) electrons. The maximum atomic E-state index is 11.0. The van der Waals surface area contributed by atoms with Crippen molar-refractivity contribution >= 4 is 12.0 Å². The topological polar surface area (TPSA) is 104 Å². The van der Waals surface area contributed by atoms with Gasteiger partial charge in [0.1, 0.15) is 12.3 Å². The normalized spacial score (nSPS) is 9.81. The molecule has 88 valence electrons. The van der Waals surface area contributed by atoms with Crippen LogP contribution in [0.1, 0.15) is 18.6 Å². The number of aliphatic carboxylic acids is 1. The van der Waals surface area contributed by atoms with Gasteiger partial charge < -0.3 is 20.2 Å². The van der Waals surface area contributed by atoms with Crippen LogP contribution in [0.5, 0.6) is 0 Å². The summed E-state index contributed by atoms with van der Waals surface area (Å²) in [6, 6.07) is -0.571. The Morgan fingerprint density at radius 3 is 2.81 bits per heavy atom. The summed E-state index contributed by atoms with van der Waals surface area (Å²) in [6.07, 6.45) is 2.32. The fourth-order valence-corrected chi connectivity index (χ4v) is 0.967. The third-order valence-corrected chi connectivity index (χ3v) is 1.75. The van der Waals surface area contributed by atoms with Crippen LogP contribution in [-0.2, 0) is 17.8 Å². The molecule has 7 heteroatoms. The maximum absolute atomic E-state index is 11.0. The molecule has 0 unspecified atom stereocenters. The quantitative estimate of drug-likeness (QED) is 0.662. The first-order chi connectivity index (χ1) is 7.61. The molecule has 1 rings (SSSR count). The molecule has 7 nitrogen and oxygen atoms in total. The summed E-state index contributed by atoms with van der Waals surface area (Å²) in [6.45, 7) is 1.64. The second kappa shape index (κ2) is 5.74. The number of urea groups is 1. The Morgan fingerprint density at radius 2 is 2.25 bits per heavy atom. The maximum Gasteiger partial charge on any atom is 0.323 e. The molecule has 0 fully saturated rings. The average molecular weight is 227 g/mol. The van der Waals surface area contributed by atoms with Crippen molar-refractivity contribution in [2.45, 2.75) is 19.9 Å². The number of aromatic nitrogens is 1. The highest BCUT2D eigenvalue weighted by molar-refractivity contribution is 5.79. The van der Waals surface area contributed by atoms with E-state index < -0.39 is 18.5 Å². The second-order valence-corrected chi connectivity index (χ2v) is 3.00. The number of carbonyl (C=O) groups excluding carboxylic acids is 1. The van der Waals surface area contributed by atoms with Crippen LogP contribution in [-0.4, -0.2) is 28.6 Å². The largest absolute Gasteiger partial charge is 0.480 e. The van der Waals surface area contributed by atoms with Gasteiger partial charge in [-0.15, -0.1) is 0 Å². The van der Waals surface area contributed by atoms with Crippen molar-refractivity contribution in [3.8, 4) is 0 Å². The first-order valence-corrected chi connectivity index (χ1v) is 4.79. The second-order valence-electron chi connectivity index (χ2n) is 3.00. The molecular weight excluding hydrogens is 214 g/mol. The van der Waals surface area contributed by atoms with Gasteiger partial charge in [0, 0.05) is 6.42 Å². The van der Waals surface area contributed by atoms with E-state index in [9.17, 15) is 9.59 Å². The Morgan fingerprint density at radius 1 is 1.50 bits per heavy atom. The molecule has 0 bridgehead atoms. The Hall–Kier alpha value is -2.05. The summed E-state index contributed by atoms with van der Waals surface area (Å²) in [5.41, 5.74) is 0. The monoisotopic (exact) mass is 227 g/mol. The number of carboxylic acids is 1. The molecule has 1 aromatic rings. The fraction of sp³-hybridized carbons (Fsp3) is 0.444. The van der Waals surface area contributed by atoms with Crippen molar-refractivity contribution in [2.75, 3.05) is 6.54 Å². The zero-order valence-corrected chi connectivity index (χ0v) is 8.82. The van der Waals surface area contributed by atoms with Crippen LogP contribution in [0.2, 0.25) is 0 Å². The lowest BCUT2D eigenvalue weighted by Gasteiger charge is -2.02. The lowest BCUT2D eigenvalue weighted by Crippen LogP contribution is -2.38. The van der Waals surface area contributed by atoms with Crippen LogP contribution < -0.4 is 10.6 Å². The highest BCUT2D eigenvalue weighted by Gasteiger charge is 2.06. The van der Waals surface area contributed by atoms with Crippen LogP contribution in [0.4, 0.5) is 4.79 Å². The van der Waals surface area contributed by atoms with E-state index in [1.54, 1.807) is 6.20 Å². The Kier molecular flexibility index (Phi) is 4.31. The van der Waals surface area contributed by atoms with E-state index in [-0.39, 0.29) is 6.54 Å². The van der Waals surface area contributed by atoms with Gasteiger partial charge in [-0.3, -0.25) is 4.79 Å². The summed E-state index contributed by atoms with van der Waals surface area (Å²) in [7, 11) is 0. The SMILES string of the molecule is CCc1cnc(CNC(=O)NCC(=O)O)o1. The Balaban J connectivity index is 2.28. The number of aryl methyl sites for hydroxylation is 1. The van der Waals surface area contributed by atoms with Gasteiger partial charge in [0.05, 0.1) is 12.7 Å². The van der Waals surface area contributed by atoms with Crippen molar-refractivity contribution in [1.82, 2.24) is 15.6 Å². The standard InChI is InChI=1S/C9H13N3O4/c1-2-6-3-10-7(16-6)4-11-9(15)12-5-8(13)14/h3H,2,4-5H2,1H3,(H,13,14)(H2,11,12,15). The number of rotatable bonds is 5. The predicted octanol–water partition coefficient (Wildman–Crippen LogP) is 0.121. The Bertz CT molecular complexity index is 375. The summed E-state index contributed by atoms with van der Waals surface area (Å²) < 4.78 is 5.24. The van der Waals surface area contributed by atoms with E-state index in [4.69, 9.17) is 9.52 Å². The Labute approximate surface area is 91.9 Å². The van der Waals surface area contributed by atoms with Gasteiger partial charge in [-0.2, -0.15) is 0 Å². The zero-order chi connectivity index (χ0) is 12.0. The summed E-state index contributed by atoms with van der Waals surface area (Å²) in [4.78, 5) is 25.1. The molecule has 0 saturated carbocycles. The molecule has 0 saturated heterocycles. The number of hydrogen-bond donors (Lipinski definition) is 3. The van der Waals surface area contributed by atoms with E-state index in [2.05, 4.69) is 15.6 Å². The van der Waals surface area contributed by atoms with Gasteiger partial charge in [-0.25, -0.2) is 9.78 Å². The van der Waals surface area contributed by atoms with Gasteiger partial charge in [-0.05, 0) is 0 Å².